The topological polar surface area (TPSA) is 88.1 Å². The second-order valence-corrected chi connectivity index (χ2v) is 20.0. The minimum atomic E-state index is 0.555. The van der Waals surface area contributed by atoms with Gasteiger partial charge in [-0.05, 0) is 138 Å². The molecule has 15 aromatic rings. The lowest BCUT2D eigenvalue weighted by Crippen LogP contribution is -1.96. The highest BCUT2D eigenvalue weighted by Crippen LogP contribution is 2.40. The van der Waals surface area contributed by atoms with Gasteiger partial charge in [-0.2, -0.15) is 10.5 Å². The largest absolute Gasteiger partial charge is 0.309 e. The van der Waals surface area contributed by atoms with Gasteiger partial charge in [-0.1, -0.05) is 146 Å². The van der Waals surface area contributed by atoms with E-state index < -0.39 is 0 Å². The molecule has 7 heteroatoms. The van der Waals surface area contributed by atoms with Gasteiger partial charge in [0, 0.05) is 66.1 Å². The van der Waals surface area contributed by atoms with Crippen LogP contribution in [0.3, 0.4) is 0 Å². The molecule has 0 N–H and O–H groups in total. The van der Waals surface area contributed by atoms with Crippen molar-refractivity contribution >= 4 is 65.4 Å². The zero-order valence-electron chi connectivity index (χ0n) is 42.5. The first-order valence-electron chi connectivity index (χ1n) is 26.3. The standard InChI is InChI=1S/C72H43N7/c73-44-46-17-21-52(22-18-46)64-43-65(76-72(75-64)54-23-19-47(45-74)20-24-54)53-31-29-50(30-32-53)48-25-27-49(28-26-48)51-33-35-55(36-34-51)77-70-39-37-56(78-66-13-5-1-9-58(66)59-10-2-6-14-67(59)78)41-62(70)63-42-57(38-40-71(63)77)79-68-15-7-3-11-60(68)61-12-4-8-16-69(61)79/h1-43H. The van der Waals surface area contributed by atoms with Crippen LogP contribution in [0.4, 0.5) is 0 Å². The highest BCUT2D eigenvalue weighted by molar-refractivity contribution is 6.14. The highest BCUT2D eigenvalue weighted by Gasteiger charge is 2.20. The molecular weight excluding hydrogens is 963 g/mol. The van der Waals surface area contributed by atoms with Crippen LogP contribution in [0.2, 0.25) is 0 Å². The predicted octanol–water partition coefficient (Wildman–Crippen LogP) is 17.8. The van der Waals surface area contributed by atoms with E-state index in [0.29, 0.717) is 17.0 Å². The van der Waals surface area contributed by atoms with E-state index in [9.17, 15) is 10.5 Å². The van der Waals surface area contributed by atoms with Crippen LogP contribution in [0, 0.1) is 22.7 Å². The van der Waals surface area contributed by atoms with E-state index >= 15 is 0 Å². The Morgan fingerprint density at radius 1 is 0.253 bits per heavy atom. The summed E-state index contributed by atoms with van der Waals surface area (Å²) >= 11 is 0. The van der Waals surface area contributed by atoms with Crippen molar-refractivity contribution in [3.63, 3.8) is 0 Å². The van der Waals surface area contributed by atoms with Gasteiger partial charge in [-0.25, -0.2) is 9.97 Å². The molecule has 0 unspecified atom stereocenters. The van der Waals surface area contributed by atoms with Crippen molar-refractivity contribution in [3.05, 3.63) is 272 Å². The molecule has 0 aliphatic carbocycles. The molecule has 0 aliphatic heterocycles. The van der Waals surface area contributed by atoms with Crippen LogP contribution in [-0.2, 0) is 0 Å². The molecular formula is C72H43N7. The summed E-state index contributed by atoms with van der Waals surface area (Å²) < 4.78 is 7.23. The molecule has 0 aliphatic rings. The first kappa shape index (κ1) is 45.3. The second-order valence-electron chi connectivity index (χ2n) is 20.0. The number of para-hydroxylation sites is 4. The molecule has 0 atom stereocenters. The van der Waals surface area contributed by atoms with Crippen molar-refractivity contribution in [2.24, 2.45) is 0 Å². The van der Waals surface area contributed by atoms with Crippen LogP contribution in [0.25, 0.3) is 139 Å². The van der Waals surface area contributed by atoms with Crippen molar-refractivity contribution in [2.45, 2.75) is 0 Å². The Morgan fingerprint density at radius 2 is 0.544 bits per heavy atom. The summed E-state index contributed by atoms with van der Waals surface area (Å²) in [6, 6.07) is 96.0. The van der Waals surface area contributed by atoms with Gasteiger partial charge >= 0.3 is 0 Å². The maximum absolute atomic E-state index is 9.42. The molecule has 0 saturated heterocycles. The summed E-state index contributed by atoms with van der Waals surface area (Å²) in [5, 5.41) is 26.2. The van der Waals surface area contributed by atoms with Crippen LogP contribution in [-0.4, -0.2) is 23.7 Å². The van der Waals surface area contributed by atoms with Gasteiger partial charge in [0.1, 0.15) is 0 Å². The van der Waals surface area contributed by atoms with Crippen LogP contribution >= 0.6 is 0 Å². The fourth-order valence-electron chi connectivity index (χ4n) is 11.7. The lowest BCUT2D eigenvalue weighted by atomic mass is 9.98. The van der Waals surface area contributed by atoms with E-state index in [0.717, 1.165) is 78.4 Å². The number of nitrogens with zero attached hydrogens (tertiary/aromatic N) is 7. The van der Waals surface area contributed by atoms with Crippen LogP contribution < -0.4 is 0 Å². The average Bonchev–Trinajstić information content (AvgIpc) is 4.37. The van der Waals surface area contributed by atoms with E-state index in [4.69, 9.17) is 9.97 Å². The van der Waals surface area contributed by atoms with Gasteiger partial charge in [0.15, 0.2) is 5.82 Å². The van der Waals surface area contributed by atoms with Gasteiger partial charge in [-0.3, -0.25) is 0 Å². The number of benzene rings is 11. The zero-order chi connectivity index (χ0) is 52.6. The molecule has 79 heavy (non-hydrogen) atoms. The van der Waals surface area contributed by atoms with Gasteiger partial charge in [0.2, 0.25) is 0 Å². The molecule has 7 nitrogen and oxygen atoms in total. The quantitative estimate of drug-likeness (QED) is 0.152. The molecule has 366 valence electrons. The Morgan fingerprint density at radius 3 is 0.924 bits per heavy atom. The Kier molecular flexibility index (Phi) is 10.5. The summed E-state index contributed by atoms with van der Waals surface area (Å²) in [5.41, 5.74) is 20.1. The van der Waals surface area contributed by atoms with E-state index in [1.165, 1.54) is 54.4 Å². The Balaban J connectivity index is 0.777. The molecule has 4 aromatic heterocycles. The lowest BCUT2D eigenvalue weighted by molar-refractivity contribution is 1.16. The predicted molar refractivity (Wildman–Crippen MR) is 322 cm³/mol. The summed E-state index contributed by atoms with van der Waals surface area (Å²) in [6.07, 6.45) is 0. The summed E-state index contributed by atoms with van der Waals surface area (Å²) in [4.78, 5) is 9.92. The molecule has 0 fully saturated rings. The minimum absolute atomic E-state index is 0.555. The fraction of sp³-hybridized carbons (Fsp3) is 0. The van der Waals surface area contributed by atoms with Crippen molar-refractivity contribution in [1.82, 2.24) is 23.7 Å². The van der Waals surface area contributed by atoms with Crippen molar-refractivity contribution in [1.29, 1.82) is 10.5 Å². The van der Waals surface area contributed by atoms with E-state index in [1.54, 1.807) is 24.3 Å². The average molecular weight is 1010 g/mol. The number of nitriles is 2. The first-order chi connectivity index (χ1) is 39.0. The molecule has 0 spiro atoms. The summed E-state index contributed by atoms with van der Waals surface area (Å²) in [7, 11) is 0. The third-order valence-corrected chi connectivity index (χ3v) is 15.6. The second kappa shape index (κ2) is 18.3. The summed E-state index contributed by atoms with van der Waals surface area (Å²) in [6.45, 7) is 0. The molecule has 15 rings (SSSR count). The van der Waals surface area contributed by atoms with E-state index in [2.05, 4.69) is 232 Å². The SMILES string of the molecule is N#Cc1ccc(-c2cc(-c3ccc(-c4ccc(-c5ccc(-n6c7ccc(-n8c9ccccc9c9ccccc98)cc7c7cc(-n8c9ccccc9c9ccccc98)ccc76)cc5)cc4)cc3)nc(-c3ccc(C#N)cc3)n2)cc1. The number of rotatable bonds is 8. The van der Waals surface area contributed by atoms with E-state index in [1.807, 2.05) is 30.3 Å². The Labute approximate surface area is 454 Å². The lowest BCUT2D eigenvalue weighted by Gasteiger charge is -2.12. The van der Waals surface area contributed by atoms with E-state index in [-0.39, 0.29) is 0 Å². The Bertz CT molecular complexity index is 4640. The molecule has 4 heterocycles. The van der Waals surface area contributed by atoms with Crippen molar-refractivity contribution in [3.8, 4) is 85.4 Å². The normalized spacial score (nSPS) is 11.5. The summed E-state index contributed by atoms with van der Waals surface area (Å²) in [5.74, 6) is 0.555. The smallest absolute Gasteiger partial charge is 0.160 e. The van der Waals surface area contributed by atoms with Gasteiger partial charge < -0.3 is 13.7 Å². The third kappa shape index (κ3) is 7.57. The number of fused-ring (bicyclic) bond motifs is 9. The van der Waals surface area contributed by atoms with Crippen LogP contribution in [0.15, 0.2) is 261 Å². The minimum Gasteiger partial charge on any atom is -0.309 e. The molecule has 0 radical (unpaired) electrons. The number of hydrogen-bond donors (Lipinski definition) is 0. The van der Waals surface area contributed by atoms with Gasteiger partial charge in [-0.15, -0.1) is 0 Å². The number of hydrogen-bond acceptors (Lipinski definition) is 4. The van der Waals surface area contributed by atoms with Crippen molar-refractivity contribution in [2.75, 3.05) is 0 Å². The van der Waals surface area contributed by atoms with Crippen LogP contribution in [0.1, 0.15) is 11.1 Å². The monoisotopic (exact) mass is 1010 g/mol. The molecule has 11 aromatic carbocycles. The third-order valence-electron chi connectivity index (χ3n) is 15.6. The zero-order valence-corrected chi connectivity index (χ0v) is 42.5. The maximum Gasteiger partial charge on any atom is 0.160 e. The fourth-order valence-corrected chi connectivity index (χ4v) is 11.7. The number of aromatic nitrogens is 5. The van der Waals surface area contributed by atoms with Crippen LogP contribution in [0.5, 0.6) is 0 Å². The van der Waals surface area contributed by atoms with Gasteiger partial charge in [0.05, 0.1) is 67.8 Å². The Hall–Kier alpha value is -11.1. The highest BCUT2D eigenvalue weighted by atomic mass is 15.0. The van der Waals surface area contributed by atoms with Crippen molar-refractivity contribution < 1.29 is 0 Å². The first-order valence-corrected chi connectivity index (χ1v) is 26.3. The molecule has 0 bridgehead atoms. The molecule has 0 saturated carbocycles. The molecule has 0 amide bonds. The van der Waals surface area contributed by atoms with Gasteiger partial charge in [0.25, 0.3) is 0 Å². The maximum atomic E-state index is 9.42.